The summed E-state index contributed by atoms with van der Waals surface area (Å²) in [6.07, 6.45) is 13.1. The first kappa shape index (κ1) is 23.5. The van der Waals surface area contributed by atoms with Crippen LogP contribution in [0.2, 0.25) is 18.1 Å². The van der Waals surface area contributed by atoms with Crippen molar-refractivity contribution < 1.29 is 9.53 Å². The second kappa shape index (κ2) is 8.09. The summed E-state index contributed by atoms with van der Waals surface area (Å²) in [5, 5.41) is 11.8. The smallest absolute Gasteiger partial charge is 0.191 e. The van der Waals surface area contributed by atoms with Gasteiger partial charge >= 0.3 is 0 Å². The first-order chi connectivity index (χ1) is 13.3. The minimum atomic E-state index is -1.69. The third-order valence-electron chi connectivity index (χ3n) is 9.93. The Hall–Kier alpha value is -0.123. The lowest BCUT2D eigenvalue weighted by atomic mass is 9.51. The summed E-state index contributed by atoms with van der Waals surface area (Å²) in [4.78, 5) is 0. The highest BCUT2D eigenvalue weighted by atomic mass is 28.4. The Kier molecular flexibility index (Phi) is 6.57. The van der Waals surface area contributed by atoms with Gasteiger partial charge in [-0.05, 0) is 91.2 Å². The Morgan fingerprint density at radius 3 is 2.45 bits per heavy atom. The highest BCUT2D eigenvalue weighted by Crippen LogP contribution is 2.59. The minimum absolute atomic E-state index is 0.147. The number of allylic oxidation sites excluding steroid dienone is 2. The van der Waals surface area contributed by atoms with E-state index in [1.54, 1.807) is 0 Å². The Balaban J connectivity index is 1.72. The molecule has 1 N–H and O–H groups in total. The van der Waals surface area contributed by atoms with E-state index < -0.39 is 8.32 Å². The molecular formula is C26H48O2Si. The number of aliphatic hydroxyl groups excluding tert-OH is 1. The lowest BCUT2D eigenvalue weighted by Gasteiger charge is -2.55. The Labute approximate surface area is 182 Å². The Bertz CT molecular complexity index is 606. The molecule has 0 bridgehead atoms. The molecule has 3 heteroatoms. The van der Waals surface area contributed by atoms with E-state index in [9.17, 15) is 5.11 Å². The van der Waals surface area contributed by atoms with Crippen LogP contribution in [0.5, 0.6) is 0 Å². The van der Waals surface area contributed by atoms with Gasteiger partial charge in [-0.25, -0.2) is 0 Å². The lowest BCUT2D eigenvalue weighted by molar-refractivity contribution is -0.113. The van der Waals surface area contributed by atoms with Crippen LogP contribution in [0.4, 0.5) is 0 Å². The Morgan fingerprint density at radius 1 is 1.10 bits per heavy atom. The fourth-order valence-corrected chi connectivity index (χ4v) is 7.62. The molecule has 0 saturated heterocycles. The van der Waals surface area contributed by atoms with E-state index in [2.05, 4.69) is 66.8 Å². The molecule has 0 heterocycles. The van der Waals surface area contributed by atoms with E-state index in [1.807, 2.05) is 0 Å². The van der Waals surface area contributed by atoms with E-state index in [-0.39, 0.29) is 22.0 Å². The standard InChI is InChI=1S/C26H48O2Si/c1-19-11-16-26(6,20(18-19)13-17-28-29(7,8)24(2,3)4)22-12-15-25(5)14-9-10-21(25)23(22)27/h9,14,19-23,27H,10-13,15-18H2,1-8H3/t19-,20-,21?,22?,23-,25-,26-/m0/s1. The zero-order valence-electron chi connectivity index (χ0n) is 20.6. The van der Waals surface area contributed by atoms with Gasteiger partial charge in [-0.1, -0.05) is 60.1 Å². The van der Waals surface area contributed by atoms with E-state index >= 15 is 0 Å². The summed E-state index contributed by atoms with van der Waals surface area (Å²) in [6, 6.07) is 0. The van der Waals surface area contributed by atoms with Crippen LogP contribution in [0.25, 0.3) is 0 Å². The predicted molar refractivity (Wildman–Crippen MR) is 126 cm³/mol. The Morgan fingerprint density at radius 2 is 1.79 bits per heavy atom. The molecule has 2 unspecified atom stereocenters. The molecule has 0 aromatic heterocycles. The van der Waals surface area contributed by atoms with Gasteiger partial charge in [0.25, 0.3) is 0 Å². The van der Waals surface area contributed by atoms with Gasteiger partial charge in [0.2, 0.25) is 0 Å². The molecule has 0 amide bonds. The van der Waals surface area contributed by atoms with Crippen molar-refractivity contribution in [2.75, 3.05) is 6.61 Å². The van der Waals surface area contributed by atoms with Gasteiger partial charge in [-0.3, -0.25) is 0 Å². The predicted octanol–water partition coefficient (Wildman–Crippen LogP) is 7.19. The second-order valence-corrected chi connectivity index (χ2v) is 17.7. The first-order valence-electron chi connectivity index (χ1n) is 12.3. The highest BCUT2D eigenvalue weighted by Gasteiger charge is 2.54. The number of hydrogen-bond donors (Lipinski definition) is 1. The second-order valence-electron chi connectivity index (χ2n) is 12.9. The maximum Gasteiger partial charge on any atom is 0.191 e. The lowest BCUT2D eigenvalue weighted by Crippen LogP contribution is -2.52. The largest absolute Gasteiger partial charge is 0.417 e. The van der Waals surface area contributed by atoms with Gasteiger partial charge in [0.15, 0.2) is 8.32 Å². The van der Waals surface area contributed by atoms with E-state index in [0.717, 1.165) is 25.4 Å². The van der Waals surface area contributed by atoms with E-state index in [0.29, 0.717) is 17.8 Å². The zero-order valence-corrected chi connectivity index (χ0v) is 21.6. The minimum Gasteiger partial charge on any atom is -0.417 e. The summed E-state index contributed by atoms with van der Waals surface area (Å²) >= 11 is 0. The summed E-state index contributed by atoms with van der Waals surface area (Å²) in [5.74, 6) is 2.36. The molecule has 0 aromatic carbocycles. The first-order valence-corrected chi connectivity index (χ1v) is 15.2. The van der Waals surface area contributed by atoms with Crippen molar-refractivity contribution in [2.24, 2.45) is 34.5 Å². The molecule has 3 rings (SSSR count). The van der Waals surface area contributed by atoms with E-state index in [4.69, 9.17) is 4.43 Å². The summed E-state index contributed by atoms with van der Waals surface area (Å²) in [7, 11) is -1.69. The molecule has 29 heavy (non-hydrogen) atoms. The number of hydrogen-bond acceptors (Lipinski definition) is 2. The molecule has 3 aliphatic carbocycles. The molecule has 2 saturated carbocycles. The molecular weight excluding hydrogens is 372 g/mol. The van der Waals surface area contributed by atoms with Gasteiger partial charge in [0.1, 0.15) is 0 Å². The summed E-state index contributed by atoms with van der Waals surface area (Å²) in [6.45, 7) is 19.9. The number of rotatable bonds is 5. The quantitative estimate of drug-likeness (QED) is 0.376. The molecule has 0 radical (unpaired) electrons. The highest BCUT2D eigenvalue weighted by molar-refractivity contribution is 6.74. The van der Waals surface area contributed by atoms with Crippen molar-refractivity contribution in [3.8, 4) is 0 Å². The van der Waals surface area contributed by atoms with Crippen molar-refractivity contribution in [1.29, 1.82) is 0 Å². The van der Waals surface area contributed by atoms with Gasteiger partial charge in [-0.15, -0.1) is 0 Å². The SMILES string of the molecule is C[C@H]1CC[C@](C)(C2CC[C@]3(C)C=CCC3[C@@H]2O)[C@@H](CCO[Si](C)(C)C(C)(C)C)C1. The van der Waals surface area contributed by atoms with Gasteiger partial charge in [-0.2, -0.15) is 0 Å². The average Bonchev–Trinajstić information content (AvgIpc) is 3.00. The molecule has 7 atom stereocenters. The van der Waals surface area contributed by atoms with Crippen molar-refractivity contribution in [1.82, 2.24) is 0 Å². The van der Waals surface area contributed by atoms with Crippen LogP contribution >= 0.6 is 0 Å². The zero-order chi connectivity index (χ0) is 21.7. The van der Waals surface area contributed by atoms with Gasteiger partial charge < -0.3 is 9.53 Å². The fraction of sp³-hybridized carbons (Fsp3) is 0.923. The van der Waals surface area contributed by atoms with Gasteiger partial charge in [0.05, 0.1) is 6.10 Å². The molecule has 168 valence electrons. The maximum absolute atomic E-state index is 11.5. The summed E-state index contributed by atoms with van der Waals surface area (Å²) in [5.41, 5.74) is 0.488. The van der Waals surface area contributed by atoms with Crippen LogP contribution in [-0.2, 0) is 4.43 Å². The van der Waals surface area contributed by atoms with Crippen LogP contribution in [0, 0.1) is 34.5 Å². The van der Waals surface area contributed by atoms with Crippen LogP contribution in [-0.4, -0.2) is 26.1 Å². The van der Waals surface area contributed by atoms with Crippen LogP contribution in [0.15, 0.2) is 12.2 Å². The molecule has 2 fully saturated rings. The maximum atomic E-state index is 11.5. The molecule has 2 nitrogen and oxygen atoms in total. The molecule has 3 aliphatic rings. The van der Waals surface area contributed by atoms with Gasteiger partial charge in [0, 0.05) is 6.61 Å². The molecule has 0 spiro atoms. The third-order valence-corrected chi connectivity index (χ3v) is 14.5. The van der Waals surface area contributed by atoms with E-state index in [1.165, 1.54) is 32.1 Å². The van der Waals surface area contributed by atoms with Crippen molar-refractivity contribution >= 4 is 8.32 Å². The molecule has 0 aliphatic heterocycles. The number of fused-ring (bicyclic) bond motifs is 1. The summed E-state index contributed by atoms with van der Waals surface area (Å²) < 4.78 is 6.59. The van der Waals surface area contributed by atoms with Crippen LogP contribution < -0.4 is 0 Å². The molecule has 0 aromatic rings. The van der Waals surface area contributed by atoms with Crippen molar-refractivity contribution in [2.45, 2.75) is 111 Å². The van der Waals surface area contributed by atoms with Crippen LogP contribution in [0.3, 0.4) is 0 Å². The van der Waals surface area contributed by atoms with Crippen molar-refractivity contribution in [3.63, 3.8) is 0 Å². The normalized spacial score (nSPS) is 43.4. The monoisotopic (exact) mass is 420 g/mol. The topological polar surface area (TPSA) is 29.5 Å². The van der Waals surface area contributed by atoms with Crippen LogP contribution in [0.1, 0.15) is 86.5 Å². The number of aliphatic hydroxyl groups is 1. The van der Waals surface area contributed by atoms with Crippen molar-refractivity contribution in [3.05, 3.63) is 12.2 Å². The average molecular weight is 421 g/mol. The third kappa shape index (κ3) is 4.43. The fourth-order valence-electron chi connectivity index (χ4n) is 6.56.